The fourth-order valence-electron chi connectivity index (χ4n) is 2.87. The molecule has 0 unspecified atom stereocenters. The molecule has 2 fully saturated rings. The molecule has 2 N–H and O–H groups in total. The summed E-state index contributed by atoms with van der Waals surface area (Å²) in [5.74, 6) is 0.543. The Morgan fingerprint density at radius 2 is 1.89 bits per heavy atom. The van der Waals surface area contributed by atoms with E-state index < -0.39 is 5.54 Å². The Balaban J connectivity index is 1.84. The minimum atomic E-state index is -0.732. The van der Waals surface area contributed by atoms with Crippen molar-refractivity contribution in [3.8, 4) is 0 Å². The first-order valence-electron chi connectivity index (χ1n) is 7.22. The molecule has 4 heteroatoms. The van der Waals surface area contributed by atoms with Crippen LogP contribution in [0.25, 0.3) is 0 Å². The van der Waals surface area contributed by atoms with Gasteiger partial charge in [0.2, 0.25) is 0 Å². The van der Waals surface area contributed by atoms with Gasteiger partial charge < -0.3 is 15.2 Å². The number of carbonyl (C=O) groups excluding carboxylic acids is 1. The molecule has 0 amide bonds. The van der Waals surface area contributed by atoms with Crippen molar-refractivity contribution < 1.29 is 14.3 Å². The lowest BCUT2D eigenvalue weighted by Crippen LogP contribution is -2.52. The molecule has 1 aliphatic heterocycles. The zero-order valence-electron chi connectivity index (χ0n) is 11.3. The molecule has 1 heterocycles. The minimum Gasteiger partial charge on any atom is -0.461 e. The van der Waals surface area contributed by atoms with E-state index in [4.69, 9.17) is 15.2 Å². The Morgan fingerprint density at radius 1 is 1.28 bits per heavy atom. The van der Waals surface area contributed by atoms with Crippen molar-refractivity contribution in [2.75, 3.05) is 13.2 Å². The third-order valence-corrected chi connectivity index (χ3v) is 4.42. The summed E-state index contributed by atoms with van der Waals surface area (Å²) in [4.78, 5) is 12.2. The van der Waals surface area contributed by atoms with Gasteiger partial charge in [0.15, 0.2) is 0 Å². The van der Waals surface area contributed by atoms with Gasteiger partial charge in [0.1, 0.15) is 11.6 Å². The fourth-order valence-corrected chi connectivity index (χ4v) is 2.87. The van der Waals surface area contributed by atoms with Crippen LogP contribution in [0.4, 0.5) is 0 Å². The number of carbonyl (C=O) groups is 1. The van der Waals surface area contributed by atoms with Crippen LogP contribution in [-0.4, -0.2) is 30.8 Å². The van der Waals surface area contributed by atoms with Gasteiger partial charge in [-0.3, -0.25) is 4.79 Å². The third kappa shape index (κ3) is 3.23. The minimum absolute atomic E-state index is 0.00979. The zero-order valence-corrected chi connectivity index (χ0v) is 11.3. The molecule has 104 valence electrons. The van der Waals surface area contributed by atoms with Gasteiger partial charge >= 0.3 is 5.97 Å². The summed E-state index contributed by atoms with van der Waals surface area (Å²) in [5.41, 5.74) is 5.50. The fraction of sp³-hybridized carbons (Fsp3) is 0.929. The molecule has 0 aromatic heterocycles. The number of rotatable bonds is 3. The van der Waals surface area contributed by atoms with E-state index in [0.29, 0.717) is 13.2 Å². The van der Waals surface area contributed by atoms with E-state index in [1.54, 1.807) is 0 Å². The Labute approximate surface area is 109 Å². The van der Waals surface area contributed by atoms with Crippen molar-refractivity contribution in [2.45, 2.75) is 63.5 Å². The van der Waals surface area contributed by atoms with Crippen molar-refractivity contribution in [3.63, 3.8) is 0 Å². The maximum atomic E-state index is 12.2. The van der Waals surface area contributed by atoms with Gasteiger partial charge in [0, 0.05) is 12.8 Å². The zero-order chi connectivity index (χ0) is 13.0. The van der Waals surface area contributed by atoms with Crippen LogP contribution in [-0.2, 0) is 14.3 Å². The molecule has 4 nitrogen and oxygen atoms in total. The first-order valence-corrected chi connectivity index (χ1v) is 7.22. The Kier molecular flexibility index (Phi) is 4.62. The average molecular weight is 255 g/mol. The van der Waals surface area contributed by atoms with Crippen molar-refractivity contribution in [1.82, 2.24) is 0 Å². The molecule has 0 atom stereocenters. The second-order valence-corrected chi connectivity index (χ2v) is 5.72. The molecule has 0 aromatic rings. The van der Waals surface area contributed by atoms with E-state index in [2.05, 4.69) is 6.92 Å². The van der Waals surface area contributed by atoms with Gasteiger partial charge in [-0.2, -0.15) is 0 Å². The van der Waals surface area contributed by atoms with Crippen LogP contribution in [0.2, 0.25) is 0 Å². The van der Waals surface area contributed by atoms with E-state index in [1.807, 2.05) is 0 Å². The summed E-state index contributed by atoms with van der Waals surface area (Å²) in [6.07, 6.45) is 6.45. The smallest absolute Gasteiger partial charge is 0.326 e. The van der Waals surface area contributed by atoms with Crippen LogP contribution in [0, 0.1) is 5.92 Å². The summed E-state index contributed by atoms with van der Waals surface area (Å²) in [6.45, 7) is 3.58. The van der Waals surface area contributed by atoms with Crippen molar-refractivity contribution in [2.24, 2.45) is 11.7 Å². The second-order valence-electron chi connectivity index (χ2n) is 5.72. The monoisotopic (exact) mass is 255 g/mol. The largest absolute Gasteiger partial charge is 0.461 e. The summed E-state index contributed by atoms with van der Waals surface area (Å²) in [7, 11) is 0. The molecule has 1 saturated carbocycles. The standard InChI is InChI=1S/C14H25NO3/c1-2-11-3-7-14(15,8-4-11)13(16)18-12-5-9-17-10-6-12/h11-12H,2-10,15H2,1H3. The highest BCUT2D eigenvalue weighted by Gasteiger charge is 2.40. The highest BCUT2D eigenvalue weighted by atomic mass is 16.6. The first-order chi connectivity index (χ1) is 8.64. The summed E-state index contributed by atoms with van der Waals surface area (Å²) in [6, 6.07) is 0. The van der Waals surface area contributed by atoms with E-state index >= 15 is 0 Å². The summed E-state index contributed by atoms with van der Waals surface area (Å²) in [5, 5.41) is 0. The molecule has 18 heavy (non-hydrogen) atoms. The molecular weight excluding hydrogens is 230 g/mol. The first kappa shape index (κ1) is 13.8. The number of esters is 1. The van der Waals surface area contributed by atoms with Gasteiger partial charge in [0.25, 0.3) is 0 Å². The van der Waals surface area contributed by atoms with Gasteiger partial charge in [0.05, 0.1) is 13.2 Å². The lowest BCUT2D eigenvalue weighted by atomic mass is 9.76. The molecule has 0 radical (unpaired) electrons. The molecule has 2 aliphatic rings. The predicted octanol–water partition coefficient (Wildman–Crippen LogP) is 2.01. The van der Waals surface area contributed by atoms with E-state index in [1.165, 1.54) is 6.42 Å². The van der Waals surface area contributed by atoms with Gasteiger partial charge in [-0.15, -0.1) is 0 Å². The highest BCUT2D eigenvalue weighted by Crippen LogP contribution is 2.33. The lowest BCUT2D eigenvalue weighted by molar-refractivity contribution is -0.161. The molecular formula is C14H25NO3. The second kappa shape index (κ2) is 6.02. The van der Waals surface area contributed by atoms with Crippen LogP contribution in [0.5, 0.6) is 0 Å². The van der Waals surface area contributed by atoms with Gasteiger partial charge in [-0.1, -0.05) is 13.3 Å². The maximum Gasteiger partial charge on any atom is 0.326 e. The van der Waals surface area contributed by atoms with E-state index in [-0.39, 0.29) is 12.1 Å². The Hall–Kier alpha value is -0.610. The Bertz CT molecular complexity index is 279. The summed E-state index contributed by atoms with van der Waals surface area (Å²) < 4.78 is 10.8. The van der Waals surface area contributed by atoms with Crippen LogP contribution >= 0.6 is 0 Å². The summed E-state index contributed by atoms with van der Waals surface area (Å²) >= 11 is 0. The van der Waals surface area contributed by atoms with Crippen LogP contribution < -0.4 is 5.73 Å². The molecule has 1 saturated heterocycles. The molecule has 2 rings (SSSR count). The van der Waals surface area contributed by atoms with Gasteiger partial charge in [-0.05, 0) is 31.6 Å². The van der Waals surface area contributed by atoms with Crippen molar-refractivity contribution in [3.05, 3.63) is 0 Å². The normalized spacial score (nSPS) is 34.2. The van der Waals surface area contributed by atoms with E-state index in [9.17, 15) is 4.79 Å². The van der Waals surface area contributed by atoms with Crippen LogP contribution in [0.3, 0.4) is 0 Å². The molecule has 0 bridgehead atoms. The molecule has 1 aliphatic carbocycles. The molecule has 0 spiro atoms. The van der Waals surface area contributed by atoms with Crippen molar-refractivity contribution >= 4 is 5.97 Å². The number of ether oxygens (including phenoxy) is 2. The lowest BCUT2D eigenvalue weighted by Gasteiger charge is -2.36. The van der Waals surface area contributed by atoms with Crippen molar-refractivity contribution in [1.29, 1.82) is 0 Å². The Morgan fingerprint density at radius 3 is 2.44 bits per heavy atom. The maximum absolute atomic E-state index is 12.2. The van der Waals surface area contributed by atoms with Crippen LogP contribution in [0.15, 0.2) is 0 Å². The predicted molar refractivity (Wildman–Crippen MR) is 69.1 cm³/mol. The third-order valence-electron chi connectivity index (χ3n) is 4.42. The SMILES string of the molecule is CCC1CCC(N)(C(=O)OC2CCOCC2)CC1. The van der Waals surface area contributed by atoms with Gasteiger partial charge in [-0.25, -0.2) is 0 Å². The topological polar surface area (TPSA) is 61.6 Å². The van der Waals surface area contributed by atoms with E-state index in [0.717, 1.165) is 44.4 Å². The quantitative estimate of drug-likeness (QED) is 0.784. The van der Waals surface area contributed by atoms with Crippen LogP contribution in [0.1, 0.15) is 51.9 Å². The highest BCUT2D eigenvalue weighted by molar-refractivity contribution is 5.80. The average Bonchev–Trinajstić information content (AvgIpc) is 2.41. The molecule has 0 aromatic carbocycles. The number of nitrogens with two attached hydrogens (primary N) is 1. The number of hydrogen-bond acceptors (Lipinski definition) is 4. The number of hydrogen-bond donors (Lipinski definition) is 1.